The first-order chi connectivity index (χ1) is 20.1. The van der Waals surface area contributed by atoms with Crippen LogP contribution in [0.1, 0.15) is 48.7 Å². The van der Waals surface area contributed by atoms with Crippen molar-refractivity contribution < 1.29 is 14.4 Å². The quantitative estimate of drug-likeness (QED) is 0.365. The van der Waals surface area contributed by atoms with Crippen molar-refractivity contribution in [2.45, 2.75) is 44.7 Å². The molecule has 5 N–H and O–H groups in total. The number of nitrogens with one attached hydrogen (secondary N) is 3. The molecule has 3 aliphatic heterocycles. The van der Waals surface area contributed by atoms with Crippen LogP contribution in [-0.4, -0.2) is 93.8 Å². The molecule has 2 atom stereocenters. The number of H-pyrrole nitrogens is 1. The highest BCUT2D eigenvalue weighted by atomic mass is 35.5. The maximum atomic E-state index is 12.6. The van der Waals surface area contributed by atoms with Crippen molar-refractivity contribution in [3.05, 3.63) is 23.7 Å². The van der Waals surface area contributed by atoms with Crippen LogP contribution < -0.4 is 16.4 Å². The summed E-state index contributed by atoms with van der Waals surface area (Å²) in [6, 6.07) is 5.27. The number of nitrogens with zero attached hydrogens (tertiary/aromatic N) is 7. The Morgan fingerprint density at radius 2 is 1.53 bits per heavy atom. The zero-order chi connectivity index (χ0) is 30.4. The molecule has 3 amide bonds. The predicted octanol–water partition coefficient (Wildman–Crippen LogP) is 0.402. The van der Waals surface area contributed by atoms with Crippen molar-refractivity contribution in [3.63, 3.8) is 0 Å². The van der Waals surface area contributed by atoms with Gasteiger partial charge in [0.15, 0.2) is 5.65 Å². The topological polar surface area (TPSA) is 221 Å². The fourth-order valence-corrected chi connectivity index (χ4v) is 4.41. The first-order valence-corrected chi connectivity index (χ1v) is 14.0. The summed E-state index contributed by atoms with van der Waals surface area (Å²) in [4.78, 5) is 50.9. The molecule has 15 heteroatoms. The van der Waals surface area contributed by atoms with Crippen LogP contribution in [0, 0.1) is 51.7 Å². The van der Waals surface area contributed by atoms with E-state index in [1.807, 2.05) is 0 Å². The summed E-state index contributed by atoms with van der Waals surface area (Å²) in [5.41, 5.74) is 7.76. The standard InChI is InChI=1S/C17H18N6O2.C7H11N3O.C4H6N2.ClH/c1-9(17(25)23-7-10(4-18)8-23)21-16(24)12-5-19-15-14(12)22-13(6-20-15)11-2-3-11;1-5(9)7(11)10-3-6(2-8)4-10;5-1-4-2-6-3-4;/h5-6,9-11H,2-3,7-8H2,1H3,(H,19,20)(H,21,24);5-6H,3-4,9H2,1H3;4,6H,2-3H2;1H/t9-;5-;;/m11../s1. The Balaban J connectivity index is 0.000000232. The molecule has 1 saturated carbocycles. The molecule has 6 rings (SSSR count). The number of nitrogens with two attached hydrogens (primary N) is 1. The lowest BCUT2D eigenvalue weighted by Gasteiger charge is -2.37. The molecule has 5 heterocycles. The monoisotopic (exact) mass is 609 g/mol. The zero-order valence-electron chi connectivity index (χ0n) is 24.1. The minimum absolute atomic E-state index is 0. The number of halogens is 1. The summed E-state index contributed by atoms with van der Waals surface area (Å²) < 4.78 is 0. The van der Waals surface area contributed by atoms with E-state index in [-0.39, 0.29) is 42.0 Å². The second-order valence-corrected chi connectivity index (χ2v) is 11.1. The normalized spacial score (nSPS) is 19.0. The second-order valence-electron chi connectivity index (χ2n) is 11.1. The summed E-state index contributed by atoms with van der Waals surface area (Å²) >= 11 is 0. The second kappa shape index (κ2) is 14.7. The third-order valence-electron chi connectivity index (χ3n) is 7.46. The van der Waals surface area contributed by atoms with Crippen LogP contribution in [0.25, 0.3) is 11.2 Å². The predicted molar refractivity (Wildman–Crippen MR) is 157 cm³/mol. The number of likely N-dealkylation sites (tertiary alicyclic amines) is 2. The highest BCUT2D eigenvalue weighted by molar-refractivity contribution is 6.05. The minimum Gasteiger partial charge on any atom is -0.344 e. The van der Waals surface area contributed by atoms with E-state index >= 15 is 0 Å². The summed E-state index contributed by atoms with van der Waals surface area (Å²) in [5, 5.41) is 31.0. The molecular weight excluding hydrogens is 574 g/mol. The van der Waals surface area contributed by atoms with Crippen LogP contribution >= 0.6 is 12.4 Å². The molecule has 4 aliphatic rings. The van der Waals surface area contributed by atoms with E-state index in [1.54, 1.807) is 36.0 Å². The minimum atomic E-state index is -0.656. The van der Waals surface area contributed by atoms with Gasteiger partial charge in [-0.15, -0.1) is 12.4 Å². The SMILES string of the molecule is C[C@@H](N)C(=O)N1CC(C#N)C1.C[C@@H](NC(=O)c1c[nH]c2ncc(C3CC3)nc12)C(=O)N1CC(C#N)C1.Cl.N#CC1CNC1. The van der Waals surface area contributed by atoms with Gasteiger partial charge in [0.05, 0.1) is 59.5 Å². The van der Waals surface area contributed by atoms with Crippen LogP contribution in [0.2, 0.25) is 0 Å². The van der Waals surface area contributed by atoms with Gasteiger partial charge in [-0.1, -0.05) is 0 Å². The third kappa shape index (κ3) is 8.17. The summed E-state index contributed by atoms with van der Waals surface area (Å²) in [7, 11) is 0. The molecule has 14 nitrogen and oxygen atoms in total. The Labute approximate surface area is 256 Å². The van der Waals surface area contributed by atoms with Crippen LogP contribution in [0.3, 0.4) is 0 Å². The van der Waals surface area contributed by atoms with Crippen molar-refractivity contribution in [2.24, 2.45) is 23.5 Å². The molecule has 0 bridgehead atoms. The van der Waals surface area contributed by atoms with E-state index in [4.69, 9.17) is 21.5 Å². The molecule has 0 unspecified atom stereocenters. The van der Waals surface area contributed by atoms with Crippen molar-refractivity contribution in [3.8, 4) is 18.2 Å². The highest BCUT2D eigenvalue weighted by Gasteiger charge is 2.34. The number of aromatic nitrogens is 3. The van der Waals surface area contributed by atoms with E-state index in [0.29, 0.717) is 54.7 Å². The number of carbonyl (C=O) groups is 3. The van der Waals surface area contributed by atoms with Gasteiger partial charge in [0.2, 0.25) is 11.8 Å². The Morgan fingerprint density at radius 1 is 0.977 bits per heavy atom. The van der Waals surface area contributed by atoms with Crippen LogP contribution in [0.5, 0.6) is 0 Å². The molecule has 1 aliphatic carbocycles. The Morgan fingerprint density at radius 3 is 1.98 bits per heavy atom. The van der Waals surface area contributed by atoms with Crippen LogP contribution in [-0.2, 0) is 9.59 Å². The average Bonchev–Trinajstić information content (AvgIpc) is 3.66. The van der Waals surface area contributed by atoms with E-state index in [2.05, 4.69) is 43.8 Å². The maximum Gasteiger partial charge on any atom is 0.255 e. The largest absolute Gasteiger partial charge is 0.344 e. The first kappa shape index (κ1) is 33.2. The third-order valence-corrected chi connectivity index (χ3v) is 7.46. The summed E-state index contributed by atoms with van der Waals surface area (Å²) in [5.74, 6) is 0.0923. The average molecular weight is 610 g/mol. The van der Waals surface area contributed by atoms with Crippen LogP contribution in [0.4, 0.5) is 0 Å². The number of nitriles is 3. The highest BCUT2D eigenvalue weighted by Crippen LogP contribution is 2.39. The molecule has 228 valence electrons. The van der Waals surface area contributed by atoms with Gasteiger partial charge in [-0.2, -0.15) is 15.8 Å². The lowest BCUT2D eigenvalue weighted by atomic mass is 10.0. The number of hydrogen-bond donors (Lipinski definition) is 4. The van der Waals surface area contributed by atoms with Gasteiger partial charge in [0.25, 0.3) is 5.91 Å². The fourth-order valence-electron chi connectivity index (χ4n) is 4.41. The molecule has 2 aromatic heterocycles. The first-order valence-electron chi connectivity index (χ1n) is 14.0. The van der Waals surface area contributed by atoms with E-state index in [9.17, 15) is 14.4 Å². The van der Waals surface area contributed by atoms with Crippen molar-refractivity contribution >= 4 is 41.3 Å². The Kier molecular flexibility index (Phi) is 11.4. The molecule has 3 saturated heterocycles. The fraction of sp³-hybridized carbons (Fsp3) is 0.571. The molecule has 43 heavy (non-hydrogen) atoms. The lowest BCUT2D eigenvalue weighted by Crippen LogP contribution is -2.55. The number of carbonyl (C=O) groups excluding carboxylic acids is 3. The van der Waals surface area contributed by atoms with Gasteiger partial charge in [-0.05, 0) is 26.7 Å². The van der Waals surface area contributed by atoms with E-state index in [1.165, 1.54) is 0 Å². The summed E-state index contributed by atoms with van der Waals surface area (Å²) in [6.07, 6.45) is 5.54. The van der Waals surface area contributed by atoms with Crippen molar-refractivity contribution in [2.75, 3.05) is 39.3 Å². The molecule has 2 aromatic rings. The molecule has 0 radical (unpaired) electrons. The van der Waals surface area contributed by atoms with E-state index in [0.717, 1.165) is 31.6 Å². The van der Waals surface area contributed by atoms with Gasteiger partial charge in [-0.25, -0.2) is 9.97 Å². The smallest absolute Gasteiger partial charge is 0.255 e. The molecule has 0 spiro atoms. The van der Waals surface area contributed by atoms with Gasteiger partial charge in [-0.3, -0.25) is 14.4 Å². The number of fused-ring (bicyclic) bond motifs is 1. The van der Waals surface area contributed by atoms with Gasteiger partial charge in [0, 0.05) is 51.4 Å². The number of amides is 3. The number of aromatic amines is 1. The Bertz CT molecular complexity index is 1440. The zero-order valence-corrected chi connectivity index (χ0v) is 24.9. The van der Waals surface area contributed by atoms with Crippen molar-refractivity contribution in [1.82, 2.24) is 35.4 Å². The molecule has 4 fully saturated rings. The lowest BCUT2D eigenvalue weighted by molar-refractivity contribution is -0.138. The van der Waals surface area contributed by atoms with E-state index < -0.39 is 12.1 Å². The summed E-state index contributed by atoms with van der Waals surface area (Å²) in [6.45, 7) is 7.07. The molecular formula is C28H36ClN11O3. The van der Waals surface area contributed by atoms with Gasteiger partial charge >= 0.3 is 0 Å². The number of rotatable bonds is 5. The Hall–Kier alpha value is -4.29. The number of hydrogen-bond acceptors (Lipinski definition) is 10. The van der Waals surface area contributed by atoms with Crippen LogP contribution in [0.15, 0.2) is 12.4 Å². The van der Waals surface area contributed by atoms with Gasteiger partial charge in [0.1, 0.15) is 11.6 Å². The van der Waals surface area contributed by atoms with Crippen molar-refractivity contribution in [1.29, 1.82) is 15.8 Å². The maximum absolute atomic E-state index is 12.6. The van der Waals surface area contributed by atoms with Gasteiger partial charge < -0.3 is 31.2 Å². The molecule has 0 aromatic carbocycles.